The molecule has 1 unspecified atom stereocenters. The molecular formula is C34H27Cl2N3O. The molecule has 1 heterocycles. The molecular weight excluding hydrogens is 537 g/mol. The van der Waals surface area contributed by atoms with Gasteiger partial charge in [0.2, 0.25) is 0 Å². The summed E-state index contributed by atoms with van der Waals surface area (Å²) < 4.78 is 6.22. The lowest BCUT2D eigenvalue weighted by Crippen LogP contribution is -2.35. The van der Waals surface area contributed by atoms with Crippen LogP contribution in [0.2, 0.25) is 10.0 Å². The Morgan fingerprint density at radius 2 is 1.35 bits per heavy atom. The first-order valence-corrected chi connectivity index (χ1v) is 13.8. The van der Waals surface area contributed by atoms with Crippen molar-refractivity contribution >= 4 is 40.4 Å². The van der Waals surface area contributed by atoms with Crippen molar-refractivity contribution in [3.8, 4) is 5.75 Å². The van der Waals surface area contributed by atoms with Gasteiger partial charge in [-0.05, 0) is 55.5 Å². The second kappa shape index (κ2) is 11.5. The van der Waals surface area contributed by atoms with Gasteiger partial charge in [-0.15, -0.1) is 0 Å². The summed E-state index contributed by atoms with van der Waals surface area (Å²) in [5, 5.41) is 8.46. The maximum atomic E-state index is 6.40. The highest BCUT2D eigenvalue weighted by atomic mass is 35.5. The maximum Gasteiger partial charge on any atom is 0.162 e. The Balaban J connectivity index is 1.44. The van der Waals surface area contributed by atoms with Gasteiger partial charge in [-0.3, -0.25) is 4.90 Å². The molecule has 5 aromatic carbocycles. The van der Waals surface area contributed by atoms with E-state index in [2.05, 4.69) is 77.5 Å². The quantitative estimate of drug-likeness (QED) is 0.197. The van der Waals surface area contributed by atoms with Crippen LogP contribution in [0.3, 0.4) is 0 Å². The standard InChI is InChI=1S/C34H27Cl2N3O/c1-24-18-20-27(21-19-24)38-33(25-10-4-2-5-11-25)37-39(28-13-6-3-7-14-28)34(38)26-12-8-15-29(22-26)40-23-30-31(35)16-9-17-32(30)36/h2-22,34H,23H2,1H3. The lowest BCUT2D eigenvalue weighted by atomic mass is 10.1. The Hall–Kier alpha value is -4.25. The minimum atomic E-state index is -0.257. The molecule has 0 N–H and O–H groups in total. The summed E-state index contributed by atoms with van der Waals surface area (Å²) in [5.41, 5.74) is 6.06. The van der Waals surface area contributed by atoms with Crippen LogP contribution in [0.15, 0.2) is 132 Å². The Labute approximate surface area is 244 Å². The third kappa shape index (κ3) is 5.29. The topological polar surface area (TPSA) is 28.1 Å². The van der Waals surface area contributed by atoms with Crippen LogP contribution in [0.5, 0.6) is 5.75 Å². The molecule has 6 rings (SSSR count). The molecule has 40 heavy (non-hydrogen) atoms. The number of ether oxygens (including phenoxy) is 1. The van der Waals surface area contributed by atoms with Crippen molar-refractivity contribution in [1.29, 1.82) is 0 Å². The molecule has 1 aliphatic rings. The molecule has 198 valence electrons. The molecule has 6 heteroatoms. The molecule has 5 aromatic rings. The van der Waals surface area contributed by atoms with Gasteiger partial charge >= 0.3 is 0 Å². The number of anilines is 2. The fourth-order valence-electron chi connectivity index (χ4n) is 4.84. The Bertz CT molecular complexity index is 1620. The number of hydrogen-bond acceptors (Lipinski definition) is 4. The summed E-state index contributed by atoms with van der Waals surface area (Å²) in [6.07, 6.45) is -0.257. The van der Waals surface area contributed by atoms with Gasteiger partial charge < -0.3 is 4.74 Å². The molecule has 0 saturated carbocycles. The molecule has 4 nitrogen and oxygen atoms in total. The smallest absolute Gasteiger partial charge is 0.162 e. The molecule has 0 saturated heterocycles. The van der Waals surface area contributed by atoms with Crippen LogP contribution in [0.25, 0.3) is 0 Å². The van der Waals surface area contributed by atoms with E-state index in [9.17, 15) is 0 Å². The zero-order valence-corrected chi connectivity index (χ0v) is 23.4. The summed E-state index contributed by atoms with van der Waals surface area (Å²) in [7, 11) is 0. The third-order valence-electron chi connectivity index (χ3n) is 6.87. The van der Waals surface area contributed by atoms with Gasteiger partial charge in [-0.1, -0.05) is 108 Å². The summed E-state index contributed by atoms with van der Waals surface area (Å²) in [6.45, 7) is 2.36. The highest BCUT2D eigenvalue weighted by molar-refractivity contribution is 6.35. The Morgan fingerprint density at radius 3 is 2.05 bits per heavy atom. The number of halogens is 2. The van der Waals surface area contributed by atoms with E-state index in [-0.39, 0.29) is 12.8 Å². The number of nitrogens with zero attached hydrogens (tertiary/aromatic N) is 3. The number of benzene rings is 5. The second-order valence-corrected chi connectivity index (χ2v) is 10.4. The maximum absolute atomic E-state index is 6.40. The zero-order valence-electron chi connectivity index (χ0n) is 21.9. The number of para-hydroxylation sites is 1. The molecule has 1 aliphatic heterocycles. The largest absolute Gasteiger partial charge is 0.489 e. The lowest BCUT2D eigenvalue weighted by molar-refractivity contribution is 0.306. The predicted octanol–water partition coefficient (Wildman–Crippen LogP) is 9.27. The molecule has 0 radical (unpaired) electrons. The number of rotatable bonds is 7. The van der Waals surface area contributed by atoms with E-state index < -0.39 is 0 Å². The average Bonchev–Trinajstić information content (AvgIpc) is 3.39. The predicted molar refractivity (Wildman–Crippen MR) is 166 cm³/mol. The van der Waals surface area contributed by atoms with Gasteiger partial charge in [-0.25, -0.2) is 5.01 Å². The fraction of sp³-hybridized carbons (Fsp3) is 0.0882. The molecule has 0 aromatic heterocycles. The van der Waals surface area contributed by atoms with E-state index in [1.165, 1.54) is 5.56 Å². The van der Waals surface area contributed by atoms with Gasteiger partial charge in [-0.2, -0.15) is 5.10 Å². The molecule has 0 aliphatic carbocycles. The molecule has 1 atom stereocenters. The number of amidine groups is 1. The van der Waals surface area contributed by atoms with Crippen molar-refractivity contribution in [2.45, 2.75) is 19.7 Å². The lowest BCUT2D eigenvalue weighted by Gasteiger charge is -2.32. The van der Waals surface area contributed by atoms with Crippen LogP contribution in [0.4, 0.5) is 11.4 Å². The van der Waals surface area contributed by atoms with E-state index in [1.807, 2.05) is 66.7 Å². The molecule has 0 amide bonds. The van der Waals surface area contributed by atoms with Crippen LogP contribution < -0.4 is 14.6 Å². The monoisotopic (exact) mass is 563 g/mol. The van der Waals surface area contributed by atoms with E-state index >= 15 is 0 Å². The third-order valence-corrected chi connectivity index (χ3v) is 7.58. The SMILES string of the molecule is Cc1ccc(N2C(c3ccccc3)=NN(c3ccccc3)C2c2cccc(OCc3c(Cl)cccc3Cl)c2)cc1. The summed E-state index contributed by atoms with van der Waals surface area (Å²) in [5.74, 6) is 1.59. The first kappa shape index (κ1) is 26.0. The number of hydrogen-bond donors (Lipinski definition) is 0. The van der Waals surface area contributed by atoms with Gasteiger partial charge in [0.25, 0.3) is 0 Å². The van der Waals surface area contributed by atoms with Crippen LogP contribution in [0.1, 0.15) is 28.4 Å². The Kier molecular flexibility index (Phi) is 7.45. The fourth-order valence-corrected chi connectivity index (χ4v) is 5.35. The van der Waals surface area contributed by atoms with E-state index in [0.717, 1.165) is 39.7 Å². The number of aryl methyl sites for hydroxylation is 1. The van der Waals surface area contributed by atoms with Gasteiger partial charge in [0.05, 0.1) is 5.69 Å². The minimum absolute atomic E-state index is 0.257. The van der Waals surface area contributed by atoms with Gasteiger partial charge in [0.15, 0.2) is 12.0 Å². The van der Waals surface area contributed by atoms with Gasteiger partial charge in [0.1, 0.15) is 12.4 Å². The number of hydrazone groups is 1. The van der Waals surface area contributed by atoms with Crippen LogP contribution in [-0.2, 0) is 6.61 Å². The van der Waals surface area contributed by atoms with E-state index in [0.29, 0.717) is 10.0 Å². The first-order valence-electron chi connectivity index (χ1n) is 13.1. The minimum Gasteiger partial charge on any atom is -0.489 e. The highest BCUT2D eigenvalue weighted by Crippen LogP contribution is 2.41. The van der Waals surface area contributed by atoms with E-state index in [4.69, 9.17) is 33.0 Å². The van der Waals surface area contributed by atoms with Crippen molar-refractivity contribution in [3.05, 3.63) is 160 Å². The van der Waals surface area contributed by atoms with Crippen molar-refractivity contribution in [3.63, 3.8) is 0 Å². The zero-order chi connectivity index (χ0) is 27.5. The highest BCUT2D eigenvalue weighted by Gasteiger charge is 2.38. The second-order valence-electron chi connectivity index (χ2n) is 9.61. The molecule has 0 spiro atoms. The average molecular weight is 565 g/mol. The van der Waals surface area contributed by atoms with Crippen LogP contribution >= 0.6 is 23.2 Å². The van der Waals surface area contributed by atoms with Gasteiger partial charge in [0, 0.05) is 32.4 Å². The summed E-state index contributed by atoms with van der Waals surface area (Å²) >= 11 is 12.8. The normalized spacial score (nSPS) is 14.8. The van der Waals surface area contributed by atoms with Crippen molar-refractivity contribution in [1.82, 2.24) is 0 Å². The van der Waals surface area contributed by atoms with E-state index in [1.54, 1.807) is 0 Å². The summed E-state index contributed by atoms with van der Waals surface area (Å²) in [6, 6.07) is 42.7. The van der Waals surface area contributed by atoms with Crippen LogP contribution in [0, 0.1) is 6.92 Å². The van der Waals surface area contributed by atoms with Crippen molar-refractivity contribution in [2.75, 3.05) is 9.91 Å². The molecule has 0 bridgehead atoms. The van der Waals surface area contributed by atoms with Crippen molar-refractivity contribution in [2.24, 2.45) is 5.10 Å². The first-order chi connectivity index (χ1) is 19.6. The summed E-state index contributed by atoms with van der Waals surface area (Å²) in [4.78, 5) is 2.28. The Morgan fingerprint density at radius 1 is 0.700 bits per heavy atom. The van der Waals surface area contributed by atoms with Crippen LogP contribution in [-0.4, -0.2) is 5.84 Å². The molecule has 0 fully saturated rings. The van der Waals surface area contributed by atoms with Crippen molar-refractivity contribution < 1.29 is 4.74 Å².